The molecule has 1 heterocycles. The van der Waals surface area contributed by atoms with E-state index in [1.54, 1.807) is 0 Å². The van der Waals surface area contributed by atoms with Crippen LogP contribution in [0.15, 0.2) is 0 Å². The quantitative estimate of drug-likeness (QED) is 0.632. The molecule has 6 atom stereocenters. The first-order valence-electron chi connectivity index (χ1n) is 6.48. The number of esters is 1. The average molecular weight is 222 g/mol. The summed E-state index contributed by atoms with van der Waals surface area (Å²) >= 11 is 0. The summed E-state index contributed by atoms with van der Waals surface area (Å²) < 4.78 is 5.57. The van der Waals surface area contributed by atoms with E-state index in [1.807, 2.05) is 0 Å². The van der Waals surface area contributed by atoms with E-state index in [1.165, 1.54) is 0 Å². The molecule has 3 saturated carbocycles. The summed E-state index contributed by atoms with van der Waals surface area (Å²) in [6.45, 7) is 2.06. The Morgan fingerprint density at radius 3 is 3.00 bits per heavy atom. The maximum Gasteiger partial charge on any atom is 0.312 e. The SMILES string of the molecule is C[C@]12CC[C@@H]3C[C@]34[C@H]1[C@@H](CC[C@@H]4O)OC2=O. The lowest BCUT2D eigenvalue weighted by molar-refractivity contribution is -0.148. The molecule has 4 fully saturated rings. The molecule has 0 bridgehead atoms. The molecule has 1 spiro atoms. The minimum atomic E-state index is -0.293. The molecule has 3 heteroatoms. The van der Waals surface area contributed by atoms with Gasteiger partial charge in [0.1, 0.15) is 6.10 Å². The van der Waals surface area contributed by atoms with Crippen molar-refractivity contribution < 1.29 is 14.6 Å². The normalized spacial score (nSPS) is 62.2. The second-order valence-corrected chi connectivity index (χ2v) is 6.48. The van der Waals surface area contributed by atoms with Gasteiger partial charge < -0.3 is 9.84 Å². The number of aliphatic hydroxyl groups excluding tert-OH is 1. The van der Waals surface area contributed by atoms with Gasteiger partial charge in [-0.1, -0.05) is 0 Å². The van der Waals surface area contributed by atoms with Crippen LogP contribution in [0, 0.1) is 22.7 Å². The Kier molecular flexibility index (Phi) is 1.46. The van der Waals surface area contributed by atoms with Gasteiger partial charge in [0.2, 0.25) is 0 Å². The number of hydrogen-bond donors (Lipinski definition) is 1. The molecule has 4 rings (SSSR count). The van der Waals surface area contributed by atoms with Gasteiger partial charge in [-0.05, 0) is 44.9 Å². The van der Waals surface area contributed by atoms with Gasteiger partial charge in [0, 0.05) is 11.3 Å². The number of aliphatic hydroxyl groups is 1. The van der Waals surface area contributed by atoms with Crippen LogP contribution in [0.3, 0.4) is 0 Å². The van der Waals surface area contributed by atoms with E-state index in [0.29, 0.717) is 11.8 Å². The highest BCUT2D eigenvalue weighted by Crippen LogP contribution is 2.75. The molecule has 0 amide bonds. The average Bonchev–Trinajstić information content (AvgIpc) is 2.91. The number of hydrogen-bond acceptors (Lipinski definition) is 3. The van der Waals surface area contributed by atoms with Crippen molar-refractivity contribution in [3.05, 3.63) is 0 Å². The first-order valence-corrected chi connectivity index (χ1v) is 6.48. The van der Waals surface area contributed by atoms with Crippen molar-refractivity contribution in [2.75, 3.05) is 0 Å². The monoisotopic (exact) mass is 222 g/mol. The zero-order chi connectivity index (χ0) is 11.1. The van der Waals surface area contributed by atoms with Crippen LogP contribution in [0.25, 0.3) is 0 Å². The largest absolute Gasteiger partial charge is 0.462 e. The molecule has 0 aromatic heterocycles. The molecule has 88 valence electrons. The van der Waals surface area contributed by atoms with Crippen LogP contribution in [0.2, 0.25) is 0 Å². The molecule has 16 heavy (non-hydrogen) atoms. The fraction of sp³-hybridized carbons (Fsp3) is 0.923. The third-order valence-electron chi connectivity index (χ3n) is 5.92. The molecule has 3 nitrogen and oxygen atoms in total. The standard InChI is InChI=1S/C13H18O3/c1-12-5-4-7-6-13(7)9(14)3-2-8(10(12)13)16-11(12)15/h7-10,14H,2-6H2,1H3/t7-,8-,9+,10+,12+,13+/m1/s1. The Morgan fingerprint density at radius 2 is 2.19 bits per heavy atom. The zero-order valence-corrected chi connectivity index (χ0v) is 9.61. The Balaban J connectivity index is 1.85. The Morgan fingerprint density at radius 1 is 1.38 bits per heavy atom. The van der Waals surface area contributed by atoms with E-state index in [9.17, 15) is 9.90 Å². The van der Waals surface area contributed by atoms with Gasteiger partial charge >= 0.3 is 5.97 Å². The minimum absolute atomic E-state index is 0.00123. The Labute approximate surface area is 95.2 Å². The summed E-state index contributed by atoms with van der Waals surface area (Å²) in [5.41, 5.74) is -0.235. The van der Waals surface area contributed by atoms with Crippen molar-refractivity contribution >= 4 is 5.97 Å². The summed E-state index contributed by atoms with van der Waals surface area (Å²) in [7, 11) is 0. The van der Waals surface area contributed by atoms with Gasteiger partial charge in [-0.2, -0.15) is 0 Å². The molecule has 4 aliphatic rings. The van der Waals surface area contributed by atoms with Crippen LogP contribution in [0.5, 0.6) is 0 Å². The summed E-state index contributed by atoms with van der Waals surface area (Å²) in [4.78, 5) is 12.0. The summed E-state index contributed by atoms with van der Waals surface area (Å²) in [5, 5.41) is 10.3. The topological polar surface area (TPSA) is 46.5 Å². The summed E-state index contributed by atoms with van der Waals surface area (Å²) in [5.74, 6) is 0.967. The molecule has 0 aromatic rings. The zero-order valence-electron chi connectivity index (χ0n) is 9.61. The fourth-order valence-electron chi connectivity index (χ4n) is 5.10. The lowest BCUT2D eigenvalue weighted by Crippen LogP contribution is -2.50. The predicted molar refractivity (Wildman–Crippen MR) is 56.5 cm³/mol. The lowest BCUT2D eigenvalue weighted by atomic mass is 9.56. The van der Waals surface area contributed by atoms with E-state index in [2.05, 4.69) is 6.92 Å². The first kappa shape index (κ1) is 9.46. The third kappa shape index (κ3) is 0.784. The van der Waals surface area contributed by atoms with E-state index in [0.717, 1.165) is 32.1 Å². The molecular formula is C13H18O3. The van der Waals surface area contributed by atoms with Crippen molar-refractivity contribution in [3.8, 4) is 0 Å². The fourth-order valence-corrected chi connectivity index (χ4v) is 5.10. The minimum Gasteiger partial charge on any atom is -0.462 e. The van der Waals surface area contributed by atoms with Crippen molar-refractivity contribution in [3.63, 3.8) is 0 Å². The number of carbonyl (C=O) groups excluding carboxylic acids is 1. The molecule has 0 aromatic carbocycles. The van der Waals surface area contributed by atoms with Gasteiger partial charge in [-0.15, -0.1) is 0 Å². The van der Waals surface area contributed by atoms with Gasteiger partial charge in [-0.3, -0.25) is 4.79 Å². The Hall–Kier alpha value is -0.570. The second-order valence-electron chi connectivity index (χ2n) is 6.48. The van der Waals surface area contributed by atoms with Crippen molar-refractivity contribution in [2.45, 2.75) is 51.2 Å². The molecule has 0 radical (unpaired) electrons. The molecule has 3 aliphatic carbocycles. The van der Waals surface area contributed by atoms with Gasteiger partial charge in [-0.25, -0.2) is 0 Å². The molecule has 1 saturated heterocycles. The molecule has 1 aliphatic heterocycles. The highest BCUT2D eigenvalue weighted by molar-refractivity contribution is 5.80. The van der Waals surface area contributed by atoms with Crippen LogP contribution < -0.4 is 0 Å². The molecule has 1 N–H and O–H groups in total. The van der Waals surface area contributed by atoms with E-state index < -0.39 is 0 Å². The maximum absolute atomic E-state index is 12.0. The van der Waals surface area contributed by atoms with Gasteiger partial charge in [0.25, 0.3) is 0 Å². The van der Waals surface area contributed by atoms with Crippen LogP contribution in [-0.4, -0.2) is 23.3 Å². The molecule has 0 unspecified atom stereocenters. The van der Waals surface area contributed by atoms with Crippen LogP contribution in [0.1, 0.15) is 39.0 Å². The molecular weight excluding hydrogens is 204 g/mol. The highest BCUT2D eigenvalue weighted by Gasteiger charge is 2.76. The van der Waals surface area contributed by atoms with E-state index in [-0.39, 0.29) is 29.0 Å². The second kappa shape index (κ2) is 2.47. The van der Waals surface area contributed by atoms with Crippen molar-refractivity contribution in [1.82, 2.24) is 0 Å². The maximum atomic E-state index is 12.0. The van der Waals surface area contributed by atoms with E-state index in [4.69, 9.17) is 4.74 Å². The van der Waals surface area contributed by atoms with Crippen molar-refractivity contribution in [1.29, 1.82) is 0 Å². The van der Waals surface area contributed by atoms with Gasteiger partial charge in [0.15, 0.2) is 0 Å². The third-order valence-corrected chi connectivity index (χ3v) is 5.92. The lowest BCUT2D eigenvalue weighted by Gasteiger charge is -2.45. The van der Waals surface area contributed by atoms with Gasteiger partial charge in [0.05, 0.1) is 11.5 Å². The highest BCUT2D eigenvalue weighted by atomic mass is 16.6. The number of carbonyl (C=O) groups is 1. The number of rotatable bonds is 0. The van der Waals surface area contributed by atoms with Crippen LogP contribution >= 0.6 is 0 Å². The summed E-state index contributed by atoms with van der Waals surface area (Å²) in [6, 6.07) is 0. The van der Waals surface area contributed by atoms with Crippen molar-refractivity contribution in [2.24, 2.45) is 22.7 Å². The Bertz CT molecular complexity index is 379. The van der Waals surface area contributed by atoms with Crippen LogP contribution in [-0.2, 0) is 9.53 Å². The smallest absolute Gasteiger partial charge is 0.312 e. The first-order chi connectivity index (χ1) is 7.59. The van der Waals surface area contributed by atoms with Crippen LogP contribution in [0.4, 0.5) is 0 Å². The van der Waals surface area contributed by atoms with E-state index >= 15 is 0 Å². The summed E-state index contributed by atoms with van der Waals surface area (Å²) in [6.07, 6.45) is 4.79. The predicted octanol–water partition coefficient (Wildman–Crippen LogP) is 1.49. The number of ether oxygens (including phenoxy) is 1.